The maximum Gasteiger partial charge on any atom is 0.149 e. The minimum atomic E-state index is 0.138. The fraction of sp³-hybridized carbons (Fsp3) is 0.222. The molecule has 0 spiro atoms. The van der Waals surface area contributed by atoms with Gasteiger partial charge in [0.2, 0.25) is 0 Å². The zero-order valence-electron chi connectivity index (χ0n) is 12.6. The van der Waals surface area contributed by atoms with E-state index >= 15 is 0 Å². The maximum atomic E-state index is 5.90. The minimum absolute atomic E-state index is 0.138. The van der Waals surface area contributed by atoms with Gasteiger partial charge in [-0.3, -0.25) is 4.98 Å². The Kier molecular flexibility index (Phi) is 3.78. The molecule has 1 aromatic heterocycles. The first-order chi connectivity index (χ1) is 11.4. The van der Waals surface area contributed by atoms with E-state index in [1.807, 2.05) is 48.5 Å². The van der Waals surface area contributed by atoms with Gasteiger partial charge in [0.05, 0.1) is 30.4 Å². The SMILES string of the molecule is c1ccc(Nc2cnc3cc(O[C@@H]4CCOC4)ccc3n2)cc1. The molecule has 1 aliphatic heterocycles. The van der Waals surface area contributed by atoms with Crippen molar-refractivity contribution in [3.63, 3.8) is 0 Å². The van der Waals surface area contributed by atoms with Crippen LogP contribution in [-0.2, 0) is 4.74 Å². The summed E-state index contributed by atoms with van der Waals surface area (Å²) < 4.78 is 11.2. The van der Waals surface area contributed by atoms with Crippen LogP contribution in [0.3, 0.4) is 0 Å². The summed E-state index contributed by atoms with van der Waals surface area (Å²) in [5.41, 5.74) is 2.64. The van der Waals surface area contributed by atoms with Crippen LogP contribution in [0.2, 0.25) is 0 Å². The highest BCUT2D eigenvalue weighted by Crippen LogP contribution is 2.23. The first kappa shape index (κ1) is 14.0. The van der Waals surface area contributed by atoms with Crippen molar-refractivity contribution in [2.75, 3.05) is 18.5 Å². The number of para-hydroxylation sites is 1. The third-order valence-electron chi connectivity index (χ3n) is 3.75. The number of hydrogen-bond donors (Lipinski definition) is 1. The first-order valence-electron chi connectivity index (χ1n) is 7.70. The summed E-state index contributed by atoms with van der Waals surface area (Å²) in [6, 6.07) is 15.7. The van der Waals surface area contributed by atoms with E-state index in [2.05, 4.69) is 15.3 Å². The zero-order valence-corrected chi connectivity index (χ0v) is 12.6. The van der Waals surface area contributed by atoms with Gasteiger partial charge in [-0.1, -0.05) is 18.2 Å². The molecule has 1 fully saturated rings. The molecule has 3 aromatic rings. The average molecular weight is 307 g/mol. The summed E-state index contributed by atoms with van der Waals surface area (Å²) in [7, 11) is 0. The highest BCUT2D eigenvalue weighted by atomic mass is 16.5. The molecule has 1 atom stereocenters. The fourth-order valence-corrected chi connectivity index (χ4v) is 2.59. The highest BCUT2D eigenvalue weighted by Gasteiger charge is 2.17. The van der Waals surface area contributed by atoms with E-state index in [0.29, 0.717) is 6.61 Å². The van der Waals surface area contributed by atoms with E-state index in [0.717, 1.165) is 41.3 Å². The fourth-order valence-electron chi connectivity index (χ4n) is 2.59. The van der Waals surface area contributed by atoms with Crippen LogP contribution in [0.5, 0.6) is 5.75 Å². The molecular formula is C18H17N3O2. The molecule has 0 bridgehead atoms. The third kappa shape index (κ3) is 3.24. The second kappa shape index (κ2) is 6.22. The van der Waals surface area contributed by atoms with Crippen LogP contribution >= 0.6 is 0 Å². The molecule has 0 radical (unpaired) electrons. The molecule has 0 amide bonds. The second-order valence-electron chi connectivity index (χ2n) is 5.50. The number of ether oxygens (including phenoxy) is 2. The Morgan fingerprint density at radius 2 is 2.00 bits per heavy atom. The van der Waals surface area contributed by atoms with E-state index in [4.69, 9.17) is 9.47 Å². The molecule has 1 saturated heterocycles. The highest BCUT2D eigenvalue weighted by molar-refractivity contribution is 5.77. The number of aromatic nitrogens is 2. The van der Waals surface area contributed by atoms with Crippen molar-refractivity contribution in [1.82, 2.24) is 9.97 Å². The standard InChI is InChI=1S/C18H17N3O2/c1-2-4-13(5-3-1)20-18-11-19-17-10-14(6-7-16(17)21-18)23-15-8-9-22-12-15/h1-7,10-11,15H,8-9,12H2,(H,20,21)/t15-/m1/s1. The topological polar surface area (TPSA) is 56.3 Å². The van der Waals surface area contributed by atoms with Gasteiger partial charge in [-0.05, 0) is 24.3 Å². The van der Waals surface area contributed by atoms with Gasteiger partial charge in [-0.2, -0.15) is 0 Å². The largest absolute Gasteiger partial charge is 0.488 e. The lowest BCUT2D eigenvalue weighted by Gasteiger charge is -2.12. The lowest BCUT2D eigenvalue weighted by Crippen LogP contribution is -2.15. The zero-order chi connectivity index (χ0) is 15.5. The Balaban J connectivity index is 1.55. The summed E-state index contributed by atoms with van der Waals surface area (Å²) >= 11 is 0. The second-order valence-corrected chi connectivity index (χ2v) is 5.50. The summed E-state index contributed by atoms with van der Waals surface area (Å²) in [6.45, 7) is 1.43. The van der Waals surface area contributed by atoms with E-state index in [9.17, 15) is 0 Å². The number of benzene rings is 2. The Labute approximate surface area is 134 Å². The first-order valence-corrected chi connectivity index (χ1v) is 7.70. The minimum Gasteiger partial charge on any atom is -0.488 e. The Bertz CT molecular complexity index is 802. The lowest BCUT2D eigenvalue weighted by atomic mass is 10.2. The lowest BCUT2D eigenvalue weighted by molar-refractivity contribution is 0.141. The predicted octanol–water partition coefficient (Wildman–Crippen LogP) is 3.54. The molecule has 2 aromatic carbocycles. The van der Waals surface area contributed by atoms with Crippen LogP contribution in [0.15, 0.2) is 54.7 Å². The third-order valence-corrected chi connectivity index (χ3v) is 3.75. The number of anilines is 2. The van der Waals surface area contributed by atoms with E-state index in [1.165, 1.54) is 0 Å². The summed E-state index contributed by atoms with van der Waals surface area (Å²) in [6.07, 6.45) is 2.81. The van der Waals surface area contributed by atoms with Gasteiger partial charge >= 0.3 is 0 Å². The van der Waals surface area contributed by atoms with Crippen molar-refractivity contribution in [2.45, 2.75) is 12.5 Å². The molecule has 5 nitrogen and oxygen atoms in total. The van der Waals surface area contributed by atoms with E-state index < -0.39 is 0 Å². The quantitative estimate of drug-likeness (QED) is 0.799. The van der Waals surface area contributed by atoms with Crippen molar-refractivity contribution in [3.05, 3.63) is 54.7 Å². The molecule has 1 aliphatic rings. The maximum absolute atomic E-state index is 5.90. The van der Waals surface area contributed by atoms with E-state index in [1.54, 1.807) is 6.20 Å². The van der Waals surface area contributed by atoms with Crippen LogP contribution in [0.25, 0.3) is 11.0 Å². The predicted molar refractivity (Wildman–Crippen MR) is 89.1 cm³/mol. The van der Waals surface area contributed by atoms with Crippen LogP contribution in [0, 0.1) is 0 Å². The molecule has 116 valence electrons. The molecule has 1 N–H and O–H groups in total. The van der Waals surface area contributed by atoms with Crippen LogP contribution in [0.1, 0.15) is 6.42 Å². The van der Waals surface area contributed by atoms with Crippen molar-refractivity contribution in [2.24, 2.45) is 0 Å². The number of fused-ring (bicyclic) bond motifs is 1. The van der Waals surface area contributed by atoms with Crippen molar-refractivity contribution >= 4 is 22.5 Å². The van der Waals surface area contributed by atoms with Crippen LogP contribution in [0.4, 0.5) is 11.5 Å². The number of nitrogens with zero attached hydrogens (tertiary/aromatic N) is 2. The van der Waals surface area contributed by atoms with Gasteiger partial charge in [0.25, 0.3) is 0 Å². The van der Waals surface area contributed by atoms with Crippen LogP contribution in [-0.4, -0.2) is 29.3 Å². The van der Waals surface area contributed by atoms with Crippen molar-refractivity contribution < 1.29 is 9.47 Å². The number of nitrogens with one attached hydrogen (secondary N) is 1. The monoisotopic (exact) mass is 307 g/mol. The van der Waals surface area contributed by atoms with E-state index in [-0.39, 0.29) is 6.10 Å². The van der Waals surface area contributed by atoms with Gasteiger partial charge in [0.15, 0.2) is 0 Å². The van der Waals surface area contributed by atoms with Gasteiger partial charge < -0.3 is 14.8 Å². The van der Waals surface area contributed by atoms with Crippen molar-refractivity contribution in [1.29, 1.82) is 0 Å². The molecule has 23 heavy (non-hydrogen) atoms. The smallest absolute Gasteiger partial charge is 0.149 e. The van der Waals surface area contributed by atoms with Gasteiger partial charge in [-0.25, -0.2) is 4.98 Å². The Morgan fingerprint density at radius 1 is 1.09 bits per heavy atom. The Hall–Kier alpha value is -2.66. The molecule has 0 unspecified atom stereocenters. The van der Waals surface area contributed by atoms with Gasteiger partial charge in [0.1, 0.15) is 17.7 Å². The number of rotatable bonds is 4. The van der Waals surface area contributed by atoms with Crippen LogP contribution < -0.4 is 10.1 Å². The normalized spacial score (nSPS) is 17.3. The molecule has 0 aliphatic carbocycles. The summed E-state index contributed by atoms with van der Waals surface area (Å²) in [5, 5.41) is 3.25. The summed E-state index contributed by atoms with van der Waals surface area (Å²) in [4.78, 5) is 9.07. The Morgan fingerprint density at radius 3 is 2.83 bits per heavy atom. The average Bonchev–Trinajstić information content (AvgIpc) is 3.09. The van der Waals surface area contributed by atoms with Gasteiger partial charge in [-0.15, -0.1) is 0 Å². The van der Waals surface area contributed by atoms with Gasteiger partial charge in [0, 0.05) is 18.2 Å². The molecule has 0 saturated carbocycles. The molecule has 5 heteroatoms. The summed E-state index contributed by atoms with van der Waals surface area (Å²) in [5.74, 6) is 1.53. The molecule has 2 heterocycles. The molecular weight excluding hydrogens is 290 g/mol. The molecule has 4 rings (SSSR count). The van der Waals surface area contributed by atoms with Crippen molar-refractivity contribution in [3.8, 4) is 5.75 Å². The number of hydrogen-bond acceptors (Lipinski definition) is 5.